The van der Waals surface area contributed by atoms with Crippen molar-refractivity contribution >= 4 is 45.9 Å². The fraction of sp³-hybridized carbons (Fsp3) is 0.421. The zero-order chi connectivity index (χ0) is 20.2. The summed E-state index contributed by atoms with van der Waals surface area (Å²) in [5.41, 5.74) is 1.78. The van der Waals surface area contributed by atoms with E-state index in [-0.39, 0.29) is 29.4 Å². The van der Waals surface area contributed by atoms with E-state index in [1.165, 1.54) is 18.7 Å². The summed E-state index contributed by atoms with van der Waals surface area (Å²) in [5.74, 6) is -0.655. The molecule has 0 aliphatic carbocycles. The Hall–Kier alpha value is -2.48. The van der Waals surface area contributed by atoms with E-state index in [4.69, 9.17) is 0 Å². The second-order valence-electron chi connectivity index (χ2n) is 7.33. The van der Waals surface area contributed by atoms with Crippen molar-refractivity contribution in [3.63, 3.8) is 0 Å². The Morgan fingerprint density at radius 3 is 2.59 bits per heavy atom. The van der Waals surface area contributed by atoms with Crippen LogP contribution in [0.4, 0.5) is 5.69 Å². The molecule has 1 aromatic carbocycles. The number of thioether (sulfide) groups is 1. The molecule has 1 aliphatic heterocycles. The molecule has 2 amide bonds. The Balaban J connectivity index is 1.98. The summed E-state index contributed by atoms with van der Waals surface area (Å²) in [6.45, 7) is 9.43. The molecule has 1 atom stereocenters. The van der Waals surface area contributed by atoms with E-state index in [0.29, 0.717) is 16.4 Å². The molecule has 0 spiro atoms. The average Bonchev–Trinajstić information content (AvgIpc) is 2.91. The highest BCUT2D eigenvalue weighted by Crippen LogP contribution is 2.24. The van der Waals surface area contributed by atoms with Gasteiger partial charge in [-0.05, 0) is 26.0 Å². The molecule has 2 N–H and O–H groups in total. The second-order valence-corrected chi connectivity index (χ2v) is 8.52. The number of Topliss-reactive ketones (excluding diaryl/α,β-unsaturated/α-hetero) is 1. The van der Waals surface area contributed by atoms with E-state index in [1.54, 1.807) is 24.3 Å². The third-order valence-corrected chi connectivity index (χ3v) is 5.15. The molecule has 1 fully saturated rings. The first-order chi connectivity index (χ1) is 12.6. The van der Waals surface area contributed by atoms with Gasteiger partial charge < -0.3 is 10.6 Å². The number of ketones is 1. The number of hydrogen-bond donors (Lipinski definition) is 2. The van der Waals surface area contributed by atoms with E-state index in [2.05, 4.69) is 20.8 Å². The number of benzene rings is 1. The lowest BCUT2D eigenvalue weighted by molar-refractivity contribution is -0.122. The van der Waals surface area contributed by atoms with E-state index in [0.717, 1.165) is 5.71 Å². The molecule has 0 saturated carbocycles. The van der Waals surface area contributed by atoms with Gasteiger partial charge in [-0.1, -0.05) is 44.7 Å². The van der Waals surface area contributed by atoms with Crippen LogP contribution in [0.2, 0.25) is 0 Å². The van der Waals surface area contributed by atoms with Crippen LogP contribution in [0.25, 0.3) is 0 Å². The average molecular weight is 388 g/mol. The molecule has 2 rings (SSSR count). The van der Waals surface area contributed by atoms with Crippen molar-refractivity contribution < 1.29 is 14.4 Å². The van der Waals surface area contributed by atoms with E-state index >= 15 is 0 Å². The van der Waals surface area contributed by atoms with Crippen LogP contribution in [0.15, 0.2) is 34.5 Å². The van der Waals surface area contributed by atoms with Crippen molar-refractivity contribution in [2.75, 3.05) is 5.32 Å². The second kappa shape index (κ2) is 8.47. The van der Waals surface area contributed by atoms with Crippen LogP contribution in [-0.2, 0) is 9.59 Å². The molecule has 0 bridgehead atoms. The third kappa shape index (κ3) is 6.02. The van der Waals surface area contributed by atoms with E-state index in [9.17, 15) is 14.4 Å². The number of carbonyl (C=O) groups is 3. The van der Waals surface area contributed by atoms with Crippen molar-refractivity contribution in [3.8, 4) is 0 Å². The summed E-state index contributed by atoms with van der Waals surface area (Å²) in [7, 11) is 0. The van der Waals surface area contributed by atoms with Gasteiger partial charge in [0.2, 0.25) is 11.8 Å². The largest absolute Gasteiger partial charge is 0.326 e. The highest BCUT2D eigenvalue weighted by atomic mass is 32.2. The minimum Gasteiger partial charge on any atom is -0.326 e. The first kappa shape index (κ1) is 20.8. The molecular weight excluding hydrogens is 364 g/mol. The van der Waals surface area contributed by atoms with Gasteiger partial charge in [0, 0.05) is 28.8 Å². The Kier molecular flexibility index (Phi) is 6.54. The van der Waals surface area contributed by atoms with Gasteiger partial charge in [-0.15, -0.1) is 5.10 Å². The van der Waals surface area contributed by atoms with Gasteiger partial charge in [0.05, 0.1) is 0 Å². The van der Waals surface area contributed by atoms with Crippen LogP contribution in [-0.4, -0.2) is 33.7 Å². The first-order valence-corrected chi connectivity index (χ1v) is 9.45. The summed E-state index contributed by atoms with van der Waals surface area (Å²) in [6, 6.07) is 6.69. The Bertz CT molecular complexity index is 824. The number of amides is 2. The number of rotatable bonds is 5. The van der Waals surface area contributed by atoms with Crippen LogP contribution < -0.4 is 10.6 Å². The van der Waals surface area contributed by atoms with Gasteiger partial charge in [-0.2, -0.15) is 5.10 Å². The summed E-state index contributed by atoms with van der Waals surface area (Å²) in [5, 5.41) is 13.4. The minimum atomic E-state index is -0.565. The molecule has 1 saturated heterocycles. The Labute approximate surface area is 163 Å². The normalized spacial score (nSPS) is 19.1. The SMILES string of the molecule is CC(=O)c1cccc(NC(=O)CC2S/C(=N/N=C(\C)C(C)(C)C)NC2=O)c1. The zero-order valence-corrected chi connectivity index (χ0v) is 16.9. The predicted octanol–water partition coefficient (Wildman–Crippen LogP) is 3.23. The molecule has 144 valence electrons. The molecule has 1 aromatic rings. The molecule has 0 radical (unpaired) electrons. The minimum absolute atomic E-state index is 0.00177. The molecule has 1 aliphatic rings. The quantitative estimate of drug-likeness (QED) is 0.459. The van der Waals surface area contributed by atoms with Crippen LogP contribution >= 0.6 is 11.8 Å². The maximum atomic E-state index is 12.2. The van der Waals surface area contributed by atoms with Gasteiger partial charge in [-0.25, -0.2) is 0 Å². The maximum absolute atomic E-state index is 12.2. The maximum Gasteiger partial charge on any atom is 0.240 e. The van der Waals surface area contributed by atoms with Gasteiger partial charge in [-0.3, -0.25) is 14.4 Å². The summed E-state index contributed by atoms with van der Waals surface area (Å²) in [6.07, 6.45) is 0.00177. The molecule has 0 aromatic heterocycles. The molecule has 1 heterocycles. The summed E-state index contributed by atoms with van der Waals surface area (Å²) >= 11 is 1.19. The third-order valence-electron chi connectivity index (χ3n) is 4.08. The van der Waals surface area contributed by atoms with Crippen LogP contribution in [0.1, 0.15) is 51.4 Å². The van der Waals surface area contributed by atoms with Gasteiger partial charge in [0.1, 0.15) is 5.25 Å². The lowest BCUT2D eigenvalue weighted by atomic mass is 9.91. The Morgan fingerprint density at radius 2 is 1.96 bits per heavy atom. The zero-order valence-electron chi connectivity index (χ0n) is 16.1. The predicted molar refractivity (Wildman–Crippen MR) is 109 cm³/mol. The van der Waals surface area contributed by atoms with Crippen molar-refractivity contribution in [3.05, 3.63) is 29.8 Å². The van der Waals surface area contributed by atoms with Crippen molar-refractivity contribution in [1.29, 1.82) is 0 Å². The van der Waals surface area contributed by atoms with Crippen LogP contribution in [0, 0.1) is 5.41 Å². The van der Waals surface area contributed by atoms with E-state index < -0.39 is 5.25 Å². The number of anilines is 1. The smallest absolute Gasteiger partial charge is 0.240 e. The molecule has 8 heteroatoms. The lowest BCUT2D eigenvalue weighted by Gasteiger charge is -2.16. The Morgan fingerprint density at radius 1 is 1.26 bits per heavy atom. The van der Waals surface area contributed by atoms with Crippen molar-refractivity contribution in [2.24, 2.45) is 15.6 Å². The summed E-state index contributed by atoms with van der Waals surface area (Å²) in [4.78, 5) is 35.7. The molecule has 1 unspecified atom stereocenters. The number of nitrogens with zero attached hydrogens (tertiary/aromatic N) is 2. The van der Waals surface area contributed by atoms with Crippen molar-refractivity contribution in [2.45, 2.75) is 46.3 Å². The highest BCUT2D eigenvalue weighted by molar-refractivity contribution is 8.15. The first-order valence-electron chi connectivity index (χ1n) is 8.57. The fourth-order valence-electron chi connectivity index (χ4n) is 2.05. The van der Waals surface area contributed by atoms with Gasteiger partial charge in [0.25, 0.3) is 0 Å². The number of nitrogens with one attached hydrogen (secondary N) is 2. The van der Waals surface area contributed by atoms with Gasteiger partial charge in [0.15, 0.2) is 11.0 Å². The summed E-state index contributed by atoms with van der Waals surface area (Å²) < 4.78 is 0. The standard InChI is InChI=1S/C19H24N4O3S/c1-11(24)13-7-6-8-14(9-13)20-16(25)10-15-17(26)21-18(27-15)23-22-12(2)19(3,4)5/h6-9,15H,10H2,1-5H3,(H,20,25)(H,21,23,26)/b22-12+. The molecule has 7 nitrogen and oxygen atoms in total. The van der Waals surface area contributed by atoms with Crippen LogP contribution in [0.3, 0.4) is 0 Å². The fourth-order valence-corrected chi connectivity index (χ4v) is 2.97. The highest BCUT2D eigenvalue weighted by Gasteiger charge is 2.32. The van der Waals surface area contributed by atoms with Crippen molar-refractivity contribution in [1.82, 2.24) is 5.32 Å². The van der Waals surface area contributed by atoms with Crippen LogP contribution in [0.5, 0.6) is 0 Å². The molecule has 27 heavy (non-hydrogen) atoms. The number of amidine groups is 1. The number of carbonyl (C=O) groups excluding carboxylic acids is 3. The van der Waals surface area contributed by atoms with E-state index in [1.807, 2.05) is 27.7 Å². The number of hydrogen-bond acceptors (Lipinski definition) is 6. The topological polar surface area (TPSA) is 100.0 Å². The lowest BCUT2D eigenvalue weighted by Crippen LogP contribution is -2.28. The van der Waals surface area contributed by atoms with Gasteiger partial charge >= 0.3 is 0 Å². The monoisotopic (exact) mass is 388 g/mol. The molecular formula is C19H24N4O3S.